The van der Waals surface area contributed by atoms with Gasteiger partial charge in [-0.25, -0.2) is 0 Å². The Kier molecular flexibility index (Phi) is 5.66. The maximum Gasteiger partial charge on any atom is 0.233 e. The molecule has 4 nitrogen and oxygen atoms in total. The predicted molar refractivity (Wildman–Crippen MR) is 79.2 cm³/mol. The van der Waals surface area contributed by atoms with E-state index in [1.165, 1.54) is 0 Å². The number of piperazine rings is 1. The lowest BCUT2D eigenvalue weighted by Gasteiger charge is -2.36. The fourth-order valence-corrected chi connectivity index (χ4v) is 3.03. The number of nitrogens with zero attached hydrogens (tertiary/aromatic N) is 2. The summed E-state index contributed by atoms with van der Waals surface area (Å²) in [6.07, 6.45) is 4.74. The summed E-state index contributed by atoms with van der Waals surface area (Å²) in [5, 5.41) is 3.36. The zero-order valence-electron chi connectivity index (χ0n) is 11.3. The zero-order chi connectivity index (χ0) is 13.5. The number of thioether (sulfide) groups is 1. The maximum absolute atomic E-state index is 12.3. The van der Waals surface area contributed by atoms with Crippen molar-refractivity contribution >= 4 is 17.7 Å². The lowest BCUT2D eigenvalue weighted by Crippen LogP contribution is -2.49. The summed E-state index contributed by atoms with van der Waals surface area (Å²) in [6.45, 7) is 4.61. The SMILES string of the molecule is CCCSCC(=O)N1CCNCC1c1cccnc1. The van der Waals surface area contributed by atoms with Crippen LogP contribution in [0, 0.1) is 0 Å². The van der Waals surface area contributed by atoms with E-state index in [2.05, 4.69) is 17.2 Å². The van der Waals surface area contributed by atoms with E-state index in [0.29, 0.717) is 5.75 Å². The quantitative estimate of drug-likeness (QED) is 0.833. The van der Waals surface area contributed by atoms with Crippen LogP contribution in [0.5, 0.6) is 0 Å². The van der Waals surface area contributed by atoms with Crippen LogP contribution in [0.3, 0.4) is 0 Å². The molecule has 1 N–H and O–H groups in total. The summed E-state index contributed by atoms with van der Waals surface area (Å²) >= 11 is 1.72. The molecule has 104 valence electrons. The molecule has 1 aliphatic heterocycles. The fourth-order valence-electron chi connectivity index (χ4n) is 2.26. The van der Waals surface area contributed by atoms with E-state index in [1.54, 1.807) is 18.0 Å². The van der Waals surface area contributed by atoms with Crippen molar-refractivity contribution in [3.05, 3.63) is 30.1 Å². The molecule has 1 amide bonds. The Hall–Kier alpha value is -1.07. The minimum Gasteiger partial charge on any atom is -0.332 e. The first-order valence-electron chi connectivity index (χ1n) is 6.80. The number of carbonyl (C=O) groups is 1. The molecule has 0 radical (unpaired) electrons. The number of pyridine rings is 1. The average Bonchev–Trinajstić information content (AvgIpc) is 2.48. The number of rotatable bonds is 5. The number of hydrogen-bond acceptors (Lipinski definition) is 4. The molecule has 5 heteroatoms. The first-order chi connectivity index (χ1) is 9.33. The number of nitrogens with one attached hydrogen (secondary N) is 1. The molecule has 0 spiro atoms. The second-order valence-electron chi connectivity index (χ2n) is 4.65. The highest BCUT2D eigenvalue weighted by atomic mass is 32.2. The van der Waals surface area contributed by atoms with Crippen molar-refractivity contribution in [3.63, 3.8) is 0 Å². The van der Waals surface area contributed by atoms with Crippen LogP contribution < -0.4 is 5.32 Å². The highest BCUT2D eigenvalue weighted by molar-refractivity contribution is 7.99. The topological polar surface area (TPSA) is 45.2 Å². The molecule has 0 saturated carbocycles. The van der Waals surface area contributed by atoms with Crippen LogP contribution in [0.25, 0.3) is 0 Å². The Morgan fingerprint density at radius 3 is 3.26 bits per heavy atom. The lowest BCUT2D eigenvalue weighted by molar-refractivity contribution is -0.131. The van der Waals surface area contributed by atoms with E-state index in [9.17, 15) is 4.79 Å². The Bertz CT molecular complexity index is 399. The van der Waals surface area contributed by atoms with Gasteiger partial charge < -0.3 is 10.2 Å². The van der Waals surface area contributed by atoms with E-state index in [4.69, 9.17) is 0 Å². The zero-order valence-corrected chi connectivity index (χ0v) is 12.2. The number of carbonyl (C=O) groups excluding carboxylic acids is 1. The van der Waals surface area contributed by atoms with Crippen molar-refractivity contribution in [1.29, 1.82) is 0 Å². The number of hydrogen-bond donors (Lipinski definition) is 1. The van der Waals surface area contributed by atoms with Gasteiger partial charge in [0.1, 0.15) is 0 Å². The molecule has 1 unspecified atom stereocenters. The van der Waals surface area contributed by atoms with Crippen LogP contribution in [0.1, 0.15) is 24.9 Å². The fraction of sp³-hybridized carbons (Fsp3) is 0.571. The molecule has 1 aromatic heterocycles. The third-order valence-corrected chi connectivity index (χ3v) is 4.35. The van der Waals surface area contributed by atoms with Crippen LogP contribution in [0.4, 0.5) is 0 Å². The third-order valence-electron chi connectivity index (χ3n) is 3.21. The van der Waals surface area contributed by atoms with Crippen molar-refractivity contribution in [2.75, 3.05) is 31.1 Å². The molecule has 2 rings (SSSR count). The second-order valence-corrected chi connectivity index (χ2v) is 5.75. The molecule has 2 heterocycles. The van der Waals surface area contributed by atoms with Gasteiger partial charge in [0, 0.05) is 32.0 Å². The number of amides is 1. The van der Waals surface area contributed by atoms with Gasteiger partial charge in [-0.3, -0.25) is 9.78 Å². The molecule has 1 aliphatic rings. The molecule has 0 aliphatic carbocycles. The van der Waals surface area contributed by atoms with Crippen LogP contribution in [0.2, 0.25) is 0 Å². The van der Waals surface area contributed by atoms with Gasteiger partial charge in [0.25, 0.3) is 0 Å². The molecule has 0 bridgehead atoms. The van der Waals surface area contributed by atoms with Gasteiger partial charge >= 0.3 is 0 Å². The Morgan fingerprint density at radius 2 is 2.53 bits per heavy atom. The van der Waals surface area contributed by atoms with Crippen molar-refractivity contribution in [1.82, 2.24) is 15.2 Å². The summed E-state index contributed by atoms with van der Waals surface area (Å²) in [6, 6.07) is 4.10. The van der Waals surface area contributed by atoms with E-state index in [0.717, 1.165) is 37.4 Å². The summed E-state index contributed by atoms with van der Waals surface area (Å²) < 4.78 is 0. The van der Waals surface area contributed by atoms with Gasteiger partial charge in [0.15, 0.2) is 0 Å². The first-order valence-corrected chi connectivity index (χ1v) is 7.96. The highest BCUT2D eigenvalue weighted by Gasteiger charge is 2.27. The average molecular weight is 279 g/mol. The summed E-state index contributed by atoms with van der Waals surface area (Å²) in [5.74, 6) is 1.88. The van der Waals surface area contributed by atoms with Crippen LogP contribution in [-0.2, 0) is 4.79 Å². The molecule has 19 heavy (non-hydrogen) atoms. The summed E-state index contributed by atoms with van der Waals surface area (Å²) in [5.41, 5.74) is 1.11. The maximum atomic E-state index is 12.3. The van der Waals surface area contributed by atoms with Gasteiger partial charge in [-0.2, -0.15) is 11.8 Å². The van der Waals surface area contributed by atoms with Crippen molar-refractivity contribution in [2.24, 2.45) is 0 Å². The minimum atomic E-state index is 0.122. The van der Waals surface area contributed by atoms with Gasteiger partial charge in [0.2, 0.25) is 5.91 Å². The van der Waals surface area contributed by atoms with E-state index in [-0.39, 0.29) is 11.9 Å². The van der Waals surface area contributed by atoms with Gasteiger partial charge in [-0.05, 0) is 23.8 Å². The molecule has 1 atom stereocenters. The molecular weight excluding hydrogens is 258 g/mol. The smallest absolute Gasteiger partial charge is 0.233 e. The van der Waals surface area contributed by atoms with Crippen LogP contribution >= 0.6 is 11.8 Å². The molecule has 1 saturated heterocycles. The Balaban J connectivity index is 2.01. The van der Waals surface area contributed by atoms with Gasteiger partial charge in [0.05, 0.1) is 11.8 Å². The summed E-state index contributed by atoms with van der Waals surface area (Å²) in [7, 11) is 0. The third kappa shape index (κ3) is 3.94. The Labute approximate surface area is 119 Å². The number of aromatic nitrogens is 1. The van der Waals surface area contributed by atoms with Gasteiger partial charge in [-0.15, -0.1) is 0 Å². The van der Waals surface area contributed by atoms with Crippen LogP contribution in [0.15, 0.2) is 24.5 Å². The summed E-state index contributed by atoms with van der Waals surface area (Å²) in [4.78, 5) is 18.5. The van der Waals surface area contributed by atoms with Crippen molar-refractivity contribution < 1.29 is 4.79 Å². The van der Waals surface area contributed by atoms with Gasteiger partial charge in [-0.1, -0.05) is 13.0 Å². The van der Waals surface area contributed by atoms with E-state index >= 15 is 0 Å². The molecule has 1 aromatic rings. The van der Waals surface area contributed by atoms with Crippen LogP contribution in [-0.4, -0.2) is 46.9 Å². The first kappa shape index (κ1) is 14.3. The molecular formula is C14H21N3OS. The van der Waals surface area contributed by atoms with E-state index < -0.39 is 0 Å². The standard InChI is InChI=1S/C14H21N3OS/c1-2-8-19-11-14(18)17-7-6-16-10-13(17)12-4-3-5-15-9-12/h3-5,9,13,16H,2,6-8,10-11H2,1H3. The van der Waals surface area contributed by atoms with Crippen molar-refractivity contribution in [2.45, 2.75) is 19.4 Å². The monoisotopic (exact) mass is 279 g/mol. The predicted octanol–water partition coefficient (Wildman–Crippen LogP) is 1.70. The van der Waals surface area contributed by atoms with E-state index in [1.807, 2.05) is 23.2 Å². The second kappa shape index (κ2) is 7.50. The van der Waals surface area contributed by atoms with Crippen molar-refractivity contribution in [3.8, 4) is 0 Å². The largest absolute Gasteiger partial charge is 0.332 e. The molecule has 1 fully saturated rings. The molecule has 0 aromatic carbocycles. The highest BCUT2D eigenvalue weighted by Crippen LogP contribution is 2.22. The normalized spacial score (nSPS) is 19.4. The minimum absolute atomic E-state index is 0.122. The lowest BCUT2D eigenvalue weighted by atomic mass is 10.1. The Morgan fingerprint density at radius 1 is 1.63 bits per heavy atom.